The van der Waals surface area contributed by atoms with E-state index in [-0.39, 0.29) is 27.9 Å². The minimum Gasteiger partial charge on any atom is -0.495 e. The van der Waals surface area contributed by atoms with Crippen molar-refractivity contribution in [2.24, 2.45) is 0 Å². The molecule has 2 N–H and O–H groups in total. The lowest BCUT2D eigenvalue weighted by Gasteiger charge is -2.12. The second-order valence-electron chi connectivity index (χ2n) is 6.18. The van der Waals surface area contributed by atoms with Crippen LogP contribution in [0.5, 0.6) is 5.75 Å². The first-order valence-electron chi connectivity index (χ1n) is 8.08. The molecular formula is C18H19FN2O4S. The average molecular weight is 378 g/mol. The Morgan fingerprint density at radius 3 is 2.54 bits per heavy atom. The molecule has 0 bridgehead atoms. The van der Waals surface area contributed by atoms with E-state index in [1.165, 1.54) is 31.4 Å². The number of halogens is 1. The van der Waals surface area contributed by atoms with Crippen LogP contribution in [0.4, 0.5) is 10.1 Å². The molecule has 1 aliphatic carbocycles. The van der Waals surface area contributed by atoms with Crippen molar-refractivity contribution < 1.29 is 22.3 Å². The fraction of sp³-hybridized carbons (Fsp3) is 0.278. The van der Waals surface area contributed by atoms with Gasteiger partial charge in [-0.1, -0.05) is 6.07 Å². The Balaban J connectivity index is 1.88. The lowest BCUT2D eigenvalue weighted by molar-refractivity contribution is 0.102. The molecule has 1 amide bonds. The molecular weight excluding hydrogens is 359 g/mol. The molecule has 0 saturated heterocycles. The van der Waals surface area contributed by atoms with Crippen LogP contribution in [0.3, 0.4) is 0 Å². The van der Waals surface area contributed by atoms with Gasteiger partial charge in [-0.3, -0.25) is 4.79 Å². The van der Waals surface area contributed by atoms with Crippen molar-refractivity contribution in [1.29, 1.82) is 0 Å². The van der Waals surface area contributed by atoms with Crippen molar-refractivity contribution in [3.63, 3.8) is 0 Å². The largest absolute Gasteiger partial charge is 0.495 e. The highest BCUT2D eigenvalue weighted by Gasteiger charge is 2.30. The second kappa shape index (κ2) is 7.05. The van der Waals surface area contributed by atoms with Crippen LogP contribution in [0.25, 0.3) is 0 Å². The van der Waals surface area contributed by atoms with Crippen molar-refractivity contribution in [2.45, 2.75) is 30.7 Å². The number of hydrogen-bond acceptors (Lipinski definition) is 4. The number of ether oxygens (including phenoxy) is 1. The fourth-order valence-corrected chi connectivity index (χ4v) is 3.89. The summed E-state index contributed by atoms with van der Waals surface area (Å²) in [7, 11) is -2.43. The molecule has 1 fully saturated rings. The summed E-state index contributed by atoms with van der Waals surface area (Å²) in [6.45, 7) is 1.62. The van der Waals surface area contributed by atoms with E-state index >= 15 is 0 Å². The molecule has 0 aliphatic heterocycles. The highest BCUT2D eigenvalue weighted by Crippen LogP contribution is 2.28. The van der Waals surface area contributed by atoms with Crippen LogP contribution in [0.15, 0.2) is 41.3 Å². The third-order valence-electron chi connectivity index (χ3n) is 4.04. The van der Waals surface area contributed by atoms with Crippen LogP contribution in [0.1, 0.15) is 28.8 Å². The van der Waals surface area contributed by atoms with E-state index in [2.05, 4.69) is 10.0 Å². The number of amides is 1. The number of benzene rings is 2. The predicted octanol–water partition coefficient (Wildman–Crippen LogP) is 2.84. The van der Waals surface area contributed by atoms with Crippen LogP contribution < -0.4 is 14.8 Å². The summed E-state index contributed by atoms with van der Waals surface area (Å²) < 4.78 is 46.3. The predicted molar refractivity (Wildman–Crippen MR) is 95.4 cm³/mol. The van der Waals surface area contributed by atoms with Crippen molar-refractivity contribution >= 4 is 21.6 Å². The van der Waals surface area contributed by atoms with Gasteiger partial charge in [-0.05, 0) is 55.7 Å². The Morgan fingerprint density at radius 2 is 1.92 bits per heavy atom. The summed E-state index contributed by atoms with van der Waals surface area (Å²) in [6, 6.07) is 8.39. The number of nitrogens with one attached hydrogen (secondary N) is 2. The van der Waals surface area contributed by atoms with E-state index in [0.29, 0.717) is 5.56 Å². The van der Waals surface area contributed by atoms with Gasteiger partial charge >= 0.3 is 0 Å². The van der Waals surface area contributed by atoms with E-state index < -0.39 is 21.7 Å². The van der Waals surface area contributed by atoms with Gasteiger partial charge in [-0.2, -0.15) is 0 Å². The Labute approximate surface area is 151 Å². The maximum absolute atomic E-state index is 13.6. The fourth-order valence-electron chi connectivity index (χ4n) is 2.39. The smallest absolute Gasteiger partial charge is 0.255 e. The molecule has 0 aromatic heterocycles. The van der Waals surface area contributed by atoms with Crippen LogP contribution in [0, 0.1) is 12.7 Å². The molecule has 8 heteroatoms. The van der Waals surface area contributed by atoms with Crippen LogP contribution >= 0.6 is 0 Å². The zero-order chi connectivity index (χ0) is 18.9. The molecule has 0 heterocycles. The third kappa shape index (κ3) is 4.03. The van der Waals surface area contributed by atoms with Crippen LogP contribution in [-0.4, -0.2) is 27.5 Å². The maximum Gasteiger partial charge on any atom is 0.255 e. The summed E-state index contributed by atoms with van der Waals surface area (Å²) in [5.74, 6) is -0.829. The number of carbonyl (C=O) groups excluding carboxylic acids is 1. The molecule has 0 unspecified atom stereocenters. The zero-order valence-corrected chi connectivity index (χ0v) is 15.2. The number of methoxy groups -OCH3 is 1. The van der Waals surface area contributed by atoms with Crippen molar-refractivity contribution in [1.82, 2.24) is 4.72 Å². The number of anilines is 1. The summed E-state index contributed by atoms with van der Waals surface area (Å²) in [5.41, 5.74) is 0.879. The Hall–Kier alpha value is -2.45. The van der Waals surface area contributed by atoms with Gasteiger partial charge in [0.25, 0.3) is 5.91 Å². The second-order valence-corrected chi connectivity index (χ2v) is 7.86. The molecule has 2 aromatic carbocycles. The monoisotopic (exact) mass is 378 g/mol. The Morgan fingerprint density at radius 1 is 1.19 bits per heavy atom. The van der Waals surface area contributed by atoms with Gasteiger partial charge in [0.1, 0.15) is 16.5 Å². The summed E-state index contributed by atoms with van der Waals surface area (Å²) in [6.07, 6.45) is 1.58. The molecule has 138 valence electrons. The van der Waals surface area contributed by atoms with Gasteiger partial charge < -0.3 is 10.1 Å². The Kier molecular flexibility index (Phi) is 4.97. The maximum atomic E-state index is 13.6. The molecule has 0 radical (unpaired) electrons. The van der Waals surface area contributed by atoms with E-state index in [0.717, 1.165) is 12.8 Å². The van der Waals surface area contributed by atoms with Crippen molar-refractivity contribution in [3.05, 3.63) is 53.3 Å². The normalized spacial score (nSPS) is 14.1. The molecule has 0 atom stereocenters. The highest BCUT2D eigenvalue weighted by atomic mass is 32.2. The summed E-state index contributed by atoms with van der Waals surface area (Å²) in [5, 5.41) is 2.56. The molecule has 0 spiro atoms. The van der Waals surface area contributed by atoms with Gasteiger partial charge in [0.15, 0.2) is 0 Å². The average Bonchev–Trinajstić information content (AvgIpc) is 3.40. The number of aryl methyl sites for hydroxylation is 1. The van der Waals surface area contributed by atoms with E-state index in [1.807, 2.05) is 0 Å². The highest BCUT2D eigenvalue weighted by molar-refractivity contribution is 7.89. The lowest BCUT2D eigenvalue weighted by Crippen LogP contribution is -2.26. The zero-order valence-electron chi connectivity index (χ0n) is 14.4. The standard InChI is InChI=1S/C18H19FN2O4S/c1-11-3-5-14(10-15(11)19)20-18(22)12-4-8-16(25-2)17(9-12)26(23,24)21-13-6-7-13/h3-5,8-10,13,21H,6-7H2,1-2H3,(H,20,22). The van der Waals surface area contributed by atoms with Gasteiger partial charge in [-0.15, -0.1) is 0 Å². The van der Waals surface area contributed by atoms with Gasteiger partial charge in [0, 0.05) is 17.3 Å². The summed E-state index contributed by atoms with van der Waals surface area (Å²) >= 11 is 0. The van der Waals surface area contributed by atoms with E-state index in [1.54, 1.807) is 19.1 Å². The van der Waals surface area contributed by atoms with Gasteiger partial charge in [0.2, 0.25) is 10.0 Å². The van der Waals surface area contributed by atoms with Gasteiger partial charge in [-0.25, -0.2) is 17.5 Å². The number of sulfonamides is 1. The molecule has 26 heavy (non-hydrogen) atoms. The molecule has 6 nitrogen and oxygen atoms in total. The lowest BCUT2D eigenvalue weighted by atomic mass is 10.2. The third-order valence-corrected chi connectivity index (χ3v) is 5.59. The first-order valence-corrected chi connectivity index (χ1v) is 9.56. The van der Waals surface area contributed by atoms with Crippen LogP contribution in [-0.2, 0) is 10.0 Å². The number of hydrogen-bond donors (Lipinski definition) is 2. The minimum absolute atomic E-state index is 0.0716. The number of rotatable bonds is 6. The molecule has 1 aliphatic rings. The van der Waals surface area contributed by atoms with Crippen molar-refractivity contribution in [3.8, 4) is 5.75 Å². The topological polar surface area (TPSA) is 84.5 Å². The van der Waals surface area contributed by atoms with Gasteiger partial charge in [0.05, 0.1) is 7.11 Å². The number of carbonyl (C=O) groups is 1. The quantitative estimate of drug-likeness (QED) is 0.810. The summed E-state index contributed by atoms with van der Waals surface area (Å²) in [4.78, 5) is 12.3. The van der Waals surface area contributed by atoms with E-state index in [4.69, 9.17) is 4.74 Å². The van der Waals surface area contributed by atoms with Crippen LogP contribution in [0.2, 0.25) is 0 Å². The molecule has 3 rings (SSSR count). The van der Waals surface area contributed by atoms with E-state index in [9.17, 15) is 17.6 Å². The van der Waals surface area contributed by atoms with Crippen molar-refractivity contribution in [2.75, 3.05) is 12.4 Å². The molecule has 2 aromatic rings. The SMILES string of the molecule is COc1ccc(C(=O)Nc2ccc(C)c(F)c2)cc1S(=O)(=O)NC1CC1. The molecule has 1 saturated carbocycles. The Bertz CT molecular complexity index is 956. The first-order chi connectivity index (χ1) is 12.3. The first kappa shape index (κ1) is 18.3. The minimum atomic E-state index is -3.80.